The summed E-state index contributed by atoms with van der Waals surface area (Å²) in [5.74, 6) is 0. The molecule has 3 heteroatoms. The van der Waals surface area contributed by atoms with E-state index in [4.69, 9.17) is 10.7 Å². The van der Waals surface area contributed by atoms with Crippen molar-refractivity contribution in [1.29, 1.82) is 0 Å². The van der Waals surface area contributed by atoms with Gasteiger partial charge in [0.05, 0.1) is 18.4 Å². The number of nitrogens with one attached hydrogen (secondary N) is 1. The smallest absolute Gasteiger partial charge is 0.0866 e. The zero-order chi connectivity index (χ0) is 38.8. The van der Waals surface area contributed by atoms with Crippen LogP contribution in [-0.4, -0.2) is 12.4 Å². The Morgan fingerprint density at radius 1 is 0.579 bits per heavy atom. The number of nitrogens with two attached hydrogens (primary N) is 1. The van der Waals surface area contributed by atoms with Gasteiger partial charge in [0.2, 0.25) is 0 Å². The highest BCUT2D eigenvalue weighted by Crippen LogP contribution is 2.41. The number of benzene rings is 7. The molecule has 8 rings (SSSR count). The third-order valence-corrected chi connectivity index (χ3v) is 10.5. The normalized spacial score (nSPS) is 14.4. The molecule has 1 aliphatic rings. The average Bonchev–Trinajstić information content (AvgIpc) is 3.28. The van der Waals surface area contributed by atoms with Crippen LogP contribution in [0.1, 0.15) is 39.4 Å². The summed E-state index contributed by atoms with van der Waals surface area (Å²) in [4.78, 5) is 4.71. The molecule has 0 fully saturated rings. The third kappa shape index (κ3) is 8.36. The minimum absolute atomic E-state index is 0.0173. The largest absolute Gasteiger partial charge is 0.312 e. The van der Waals surface area contributed by atoms with E-state index in [9.17, 15) is 0 Å². The molecule has 1 unspecified atom stereocenters. The molecule has 3 N–H and O–H groups in total. The van der Waals surface area contributed by atoms with Gasteiger partial charge in [-0.3, -0.25) is 4.99 Å². The second-order valence-electron chi connectivity index (χ2n) is 14.1. The van der Waals surface area contributed by atoms with E-state index in [0.717, 1.165) is 50.2 Å². The highest BCUT2D eigenvalue weighted by atomic mass is 14.9. The molecule has 0 aliphatic heterocycles. The number of rotatable bonds is 12. The molecule has 0 saturated carbocycles. The first-order chi connectivity index (χ1) is 28.2. The lowest BCUT2D eigenvalue weighted by atomic mass is 9.83. The Labute approximate surface area is 336 Å². The molecule has 0 radical (unpaired) electrons. The van der Waals surface area contributed by atoms with Crippen molar-refractivity contribution in [3.63, 3.8) is 0 Å². The lowest BCUT2D eigenvalue weighted by Crippen LogP contribution is -2.22. The van der Waals surface area contributed by atoms with E-state index >= 15 is 0 Å². The average molecular weight is 736 g/mol. The van der Waals surface area contributed by atoms with E-state index in [2.05, 4.69) is 206 Å². The van der Waals surface area contributed by atoms with Gasteiger partial charge in [-0.1, -0.05) is 195 Å². The molecule has 276 valence electrons. The molecule has 1 atom stereocenters. The molecular formula is C54H45N3. The summed E-state index contributed by atoms with van der Waals surface area (Å²) in [5, 5.41) is 3.96. The van der Waals surface area contributed by atoms with Gasteiger partial charge in [-0.2, -0.15) is 0 Å². The molecule has 1 aliphatic carbocycles. The minimum atomic E-state index is -0.0173. The summed E-state index contributed by atoms with van der Waals surface area (Å²) in [6.45, 7) is 4.87. The van der Waals surface area contributed by atoms with Crippen LogP contribution in [0.5, 0.6) is 0 Å². The standard InChI is InChI=1S/C54H45N3/c1-2-39-18-16-25-44(34-39)45-26-17-27-46(36-45)54(43-23-10-5-11-24-43)56-37-40-32-33-48(51(35-40)41-19-6-3-7-20-41)47-28-12-13-29-49(47)53(42-21-8-4-9-22-42)50-30-14-15-31-52(50)57-38-55/h2-36,54,56H,1,37-38,55H2/b53-50-,57-52?. The van der Waals surface area contributed by atoms with Crippen LogP contribution >= 0.6 is 0 Å². The predicted molar refractivity (Wildman–Crippen MR) is 242 cm³/mol. The van der Waals surface area contributed by atoms with Gasteiger partial charge in [0.15, 0.2) is 0 Å². The van der Waals surface area contributed by atoms with Crippen LogP contribution in [0.4, 0.5) is 0 Å². The maximum absolute atomic E-state index is 5.99. The second-order valence-corrected chi connectivity index (χ2v) is 14.1. The summed E-state index contributed by atoms with van der Waals surface area (Å²) < 4.78 is 0. The highest BCUT2D eigenvalue weighted by molar-refractivity contribution is 6.18. The van der Waals surface area contributed by atoms with Gasteiger partial charge >= 0.3 is 0 Å². The van der Waals surface area contributed by atoms with E-state index in [1.807, 2.05) is 18.2 Å². The Hall–Kier alpha value is -6.91. The molecule has 3 nitrogen and oxygen atoms in total. The van der Waals surface area contributed by atoms with E-state index in [1.54, 1.807) is 0 Å². The Morgan fingerprint density at radius 3 is 2.00 bits per heavy atom. The number of hydrogen-bond acceptors (Lipinski definition) is 3. The lowest BCUT2D eigenvalue weighted by Gasteiger charge is -2.23. The Morgan fingerprint density at radius 2 is 1.23 bits per heavy atom. The van der Waals surface area contributed by atoms with Crippen molar-refractivity contribution >= 4 is 17.4 Å². The monoisotopic (exact) mass is 735 g/mol. The van der Waals surface area contributed by atoms with Crippen molar-refractivity contribution in [2.45, 2.75) is 12.6 Å². The molecule has 0 spiro atoms. The van der Waals surface area contributed by atoms with Crippen molar-refractivity contribution in [2.24, 2.45) is 10.7 Å². The van der Waals surface area contributed by atoms with Gasteiger partial charge in [0.1, 0.15) is 0 Å². The molecule has 0 aromatic heterocycles. The Bertz CT molecular complexity index is 2610. The van der Waals surface area contributed by atoms with Gasteiger partial charge in [0, 0.05) is 12.1 Å². The maximum atomic E-state index is 5.99. The summed E-state index contributed by atoms with van der Waals surface area (Å²) in [6.07, 6.45) is 10.2. The maximum Gasteiger partial charge on any atom is 0.0866 e. The van der Waals surface area contributed by atoms with Gasteiger partial charge in [-0.05, 0) is 96.6 Å². The molecular weight excluding hydrogens is 691 g/mol. The fraction of sp³-hybridized carbons (Fsp3) is 0.0556. The van der Waals surface area contributed by atoms with E-state index in [-0.39, 0.29) is 12.7 Å². The van der Waals surface area contributed by atoms with E-state index in [0.29, 0.717) is 6.54 Å². The van der Waals surface area contributed by atoms with E-state index in [1.165, 1.54) is 33.4 Å². The van der Waals surface area contributed by atoms with Crippen LogP contribution in [0.2, 0.25) is 0 Å². The summed E-state index contributed by atoms with van der Waals surface area (Å²) in [6, 6.07) is 65.1. The quantitative estimate of drug-likeness (QED) is 0.131. The zero-order valence-electron chi connectivity index (χ0n) is 31.9. The molecule has 0 amide bonds. The predicted octanol–water partition coefficient (Wildman–Crippen LogP) is 12.5. The molecule has 7 aromatic carbocycles. The van der Waals surface area contributed by atoms with Crippen LogP contribution in [-0.2, 0) is 6.54 Å². The Balaban J connectivity index is 1.21. The van der Waals surface area contributed by atoms with Gasteiger partial charge in [-0.15, -0.1) is 0 Å². The van der Waals surface area contributed by atoms with Gasteiger partial charge in [0.25, 0.3) is 0 Å². The second kappa shape index (κ2) is 17.7. The van der Waals surface area contributed by atoms with Crippen molar-refractivity contribution in [2.75, 3.05) is 6.67 Å². The first-order valence-corrected chi connectivity index (χ1v) is 19.5. The van der Waals surface area contributed by atoms with Gasteiger partial charge < -0.3 is 11.1 Å². The van der Waals surface area contributed by atoms with Crippen molar-refractivity contribution in [1.82, 2.24) is 5.32 Å². The fourth-order valence-electron chi connectivity index (χ4n) is 7.75. The molecule has 0 bridgehead atoms. The SMILES string of the molecule is C=Cc1cccc(-c2cccc(C(NCc3ccc(-c4ccccc4/C(=C4/C=CC=CC4=NCN)c4ccccc4)c(-c4ccccc4)c3)c3ccccc3)c2)c1. The number of hydrogen-bond donors (Lipinski definition) is 2. The van der Waals surface area contributed by atoms with Crippen LogP contribution in [0.3, 0.4) is 0 Å². The third-order valence-electron chi connectivity index (χ3n) is 10.5. The number of aliphatic imine (C=N–C) groups is 1. The number of nitrogens with zero attached hydrogens (tertiary/aromatic N) is 1. The van der Waals surface area contributed by atoms with Gasteiger partial charge in [-0.25, -0.2) is 0 Å². The van der Waals surface area contributed by atoms with E-state index < -0.39 is 0 Å². The fourth-order valence-corrected chi connectivity index (χ4v) is 7.75. The summed E-state index contributed by atoms with van der Waals surface area (Å²) in [5.41, 5.74) is 23.0. The van der Waals surface area contributed by atoms with Crippen LogP contribution in [0.15, 0.2) is 223 Å². The highest BCUT2D eigenvalue weighted by Gasteiger charge is 2.21. The van der Waals surface area contributed by atoms with Crippen molar-refractivity contribution in [3.05, 3.63) is 252 Å². The number of allylic oxidation sites excluding steroid dienone is 5. The zero-order valence-corrected chi connectivity index (χ0v) is 31.9. The van der Waals surface area contributed by atoms with Crippen LogP contribution < -0.4 is 11.1 Å². The van der Waals surface area contributed by atoms with Crippen LogP contribution in [0, 0.1) is 0 Å². The summed E-state index contributed by atoms with van der Waals surface area (Å²) in [7, 11) is 0. The molecule has 7 aromatic rings. The van der Waals surface area contributed by atoms with Crippen molar-refractivity contribution in [3.8, 4) is 33.4 Å². The lowest BCUT2D eigenvalue weighted by molar-refractivity contribution is 0.605. The molecule has 0 heterocycles. The topological polar surface area (TPSA) is 50.4 Å². The molecule has 57 heavy (non-hydrogen) atoms. The first-order valence-electron chi connectivity index (χ1n) is 19.5. The molecule has 0 saturated heterocycles. The summed E-state index contributed by atoms with van der Waals surface area (Å²) >= 11 is 0. The van der Waals surface area contributed by atoms with Crippen LogP contribution in [0.25, 0.3) is 45.0 Å². The van der Waals surface area contributed by atoms with Crippen molar-refractivity contribution < 1.29 is 0 Å². The minimum Gasteiger partial charge on any atom is -0.312 e. The Kier molecular flexibility index (Phi) is 11.5. The first kappa shape index (κ1) is 37.0.